The molecule has 0 aliphatic carbocycles. The quantitative estimate of drug-likeness (QED) is 0.804. The molecule has 1 fully saturated rings. The second kappa shape index (κ2) is 6.77. The van der Waals surface area contributed by atoms with Crippen LogP contribution in [-0.4, -0.2) is 18.1 Å². The van der Waals surface area contributed by atoms with E-state index >= 15 is 0 Å². The lowest BCUT2D eigenvalue weighted by molar-refractivity contribution is 0.248. The molecule has 0 aromatic heterocycles. The Morgan fingerprint density at radius 3 is 2.52 bits per heavy atom. The first-order valence-corrected chi connectivity index (χ1v) is 7.87. The van der Waals surface area contributed by atoms with Gasteiger partial charge in [0.05, 0.1) is 6.61 Å². The first-order chi connectivity index (χ1) is 10.4. The van der Waals surface area contributed by atoms with Crippen molar-refractivity contribution in [2.24, 2.45) is 0 Å². The maximum absolute atomic E-state index is 5.53. The van der Waals surface area contributed by atoms with Crippen molar-refractivity contribution in [2.45, 2.75) is 32.4 Å². The van der Waals surface area contributed by atoms with Crippen LogP contribution in [0.2, 0.25) is 0 Å². The van der Waals surface area contributed by atoms with Crippen molar-refractivity contribution in [3.63, 3.8) is 0 Å². The molecule has 0 spiro atoms. The average molecular weight is 281 g/mol. The summed E-state index contributed by atoms with van der Waals surface area (Å²) in [5.74, 6) is 0.967. The predicted molar refractivity (Wildman–Crippen MR) is 86.4 cm³/mol. The van der Waals surface area contributed by atoms with Crippen molar-refractivity contribution in [1.29, 1.82) is 0 Å². The zero-order chi connectivity index (χ0) is 14.5. The van der Waals surface area contributed by atoms with Gasteiger partial charge in [-0.15, -0.1) is 0 Å². The highest BCUT2D eigenvalue weighted by atomic mass is 16.5. The van der Waals surface area contributed by atoms with Crippen LogP contribution in [0, 0.1) is 0 Å². The van der Waals surface area contributed by atoms with Crippen LogP contribution in [0.4, 0.5) is 0 Å². The van der Waals surface area contributed by atoms with Gasteiger partial charge >= 0.3 is 0 Å². The summed E-state index contributed by atoms with van der Waals surface area (Å²) >= 11 is 0. The molecule has 2 heteroatoms. The van der Waals surface area contributed by atoms with Gasteiger partial charge in [-0.1, -0.05) is 42.5 Å². The fourth-order valence-electron chi connectivity index (χ4n) is 3.16. The normalized spacial score (nSPS) is 18.8. The Hall–Kier alpha value is -1.80. The van der Waals surface area contributed by atoms with Crippen LogP contribution in [0.15, 0.2) is 54.6 Å². The number of hydrogen-bond acceptors (Lipinski definition) is 2. The van der Waals surface area contributed by atoms with E-state index in [1.54, 1.807) is 0 Å². The Balaban J connectivity index is 1.71. The van der Waals surface area contributed by atoms with Crippen LogP contribution >= 0.6 is 0 Å². The smallest absolute Gasteiger partial charge is 0.119 e. The van der Waals surface area contributed by atoms with Crippen molar-refractivity contribution >= 4 is 0 Å². The molecule has 0 radical (unpaired) electrons. The topological polar surface area (TPSA) is 12.5 Å². The first kappa shape index (κ1) is 14.2. The molecule has 1 aliphatic heterocycles. The second-order valence-corrected chi connectivity index (χ2v) is 5.62. The minimum absolute atomic E-state index is 0.542. The number of ether oxygens (including phenoxy) is 1. The molecule has 0 amide bonds. The van der Waals surface area contributed by atoms with Gasteiger partial charge in [0, 0.05) is 12.6 Å². The van der Waals surface area contributed by atoms with E-state index in [2.05, 4.69) is 59.5 Å². The van der Waals surface area contributed by atoms with Crippen molar-refractivity contribution in [1.82, 2.24) is 4.90 Å². The minimum Gasteiger partial charge on any atom is -0.494 e. The van der Waals surface area contributed by atoms with E-state index in [0.717, 1.165) is 18.9 Å². The Kier molecular flexibility index (Phi) is 4.56. The Morgan fingerprint density at radius 2 is 1.81 bits per heavy atom. The summed E-state index contributed by atoms with van der Waals surface area (Å²) in [5.41, 5.74) is 2.81. The van der Waals surface area contributed by atoms with E-state index in [4.69, 9.17) is 4.74 Å². The minimum atomic E-state index is 0.542. The molecule has 1 atom stereocenters. The molecule has 3 rings (SSSR count). The largest absolute Gasteiger partial charge is 0.494 e. The van der Waals surface area contributed by atoms with Crippen molar-refractivity contribution in [3.8, 4) is 5.75 Å². The number of hydrogen-bond donors (Lipinski definition) is 0. The van der Waals surface area contributed by atoms with Crippen LogP contribution in [-0.2, 0) is 6.54 Å². The number of likely N-dealkylation sites (tertiary alicyclic amines) is 1. The first-order valence-electron chi connectivity index (χ1n) is 7.87. The summed E-state index contributed by atoms with van der Waals surface area (Å²) in [6.45, 7) is 4.97. The van der Waals surface area contributed by atoms with E-state index < -0.39 is 0 Å². The number of nitrogens with zero attached hydrogens (tertiary/aromatic N) is 1. The molecular weight excluding hydrogens is 258 g/mol. The molecule has 0 bridgehead atoms. The molecule has 1 aliphatic rings. The summed E-state index contributed by atoms with van der Waals surface area (Å²) in [4.78, 5) is 2.59. The van der Waals surface area contributed by atoms with Crippen LogP contribution in [0.5, 0.6) is 5.75 Å². The zero-order valence-electron chi connectivity index (χ0n) is 12.7. The van der Waals surface area contributed by atoms with Gasteiger partial charge < -0.3 is 4.74 Å². The molecule has 2 nitrogen and oxygen atoms in total. The van der Waals surface area contributed by atoms with Crippen molar-refractivity contribution < 1.29 is 4.74 Å². The van der Waals surface area contributed by atoms with Gasteiger partial charge in [0.2, 0.25) is 0 Å². The maximum Gasteiger partial charge on any atom is 0.119 e. The molecule has 1 saturated heterocycles. The highest BCUT2D eigenvalue weighted by Crippen LogP contribution is 2.33. The van der Waals surface area contributed by atoms with Gasteiger partial charge in [-0.25, -0.2) is 0 Å². The standard InChI is InChI=1S/C19H23NO/c1-2-21-18-12-10-17(11-13-18)19-9-6-14-20(19)15-16-7-4-3-5-8-16/h3-5,7-8,10-13,19H,2,6,9,14-15H2,1H3. The maximum atomic E-state index is 5.53. The Labute approximate surface area is 127 Å². The van der Waals surface area contributed by atoms with Gasteiger partial charge in [-0.3, -0.25) is 4.90 Å². The summed E-state index contributed by atoms with van der Waals surface area (Å²) in [5, 5.41) is 0. The van der Waals surface area contributed by atoms with Gasteiger partial charge in [-0.05, 0) is 49.6 Å². The molecule has 2 aromatic carbocycles. The van der Waals surface area contributed by atoms with Gasteiger partial charge in [0.15, 0.2) is 0 Å². The average Bonchev–Trinajstić information content (AvgIpc) is 2.98. The Bertz CT molecular complexity index is 550. The molecule has 21 heavy (non-hydrogen) atoms. The molecule has 0 N–H and O–H groups in total. The number of rotatable bonds is 5. The highest BCUT2D eigenvalue weighted by molar-refractivity contribution is 5.30. The highest BCUT2D eigenvalue weighted by Gasteiger charge is 2.25. The molecule has 1 heterocycles. The van der Waals surface area contributed by atoms with Gasteiger partial charge in [0.25, 0.3) is 0 Å². The van der Waals surface area contributed by atoms with Gasteiger partial charge in [0.1, 0.15) is 5.75 Å². The summed E-state index contributed by atoms with van der Waals surface area (Å²) in [7, 11) is 0. The zero-order valence-corrected chi connectivity index (χ0v) is 12.7. The SMILES string of the molecule is CCOc1ccc(C2CCCN2Cc2ccccc2)cc1. The molecule has 0 saturated carbocycles. The van der Waals surface area contributed by atoms with E-state index in [0.29, 0.717) is 6.04 Å². The summed E-state index contributed by atoms with van der Waals surface area (Å²) in [6, 6.07) is 19.9. The number of benzene rings is 2. The van der Waals surface area contributed by atoms with E-state index in [1.165, 1.54) is 30.5 Å². The fraction of sp³-hybridized carbons (Fsp3) is 0.368. The van der Waals surface area contributed by atoms with Crippen LogP contribution in [0.1, 0.15) is 36.9 Å². The lowest BCUT2D eigenvalue weighted by Crippen LogP contribution is -2.22. The fourth-order valence-corrected chi connectivity index (χ4v) is 3.16. The lowest BCUT2D eigenvalue weighted by atomic mass is 10.0. The second-order valence-electron chi connectivity index (χ2n) is 5.62. The molecule has 1 unspecified atom stereocenters. The van der Waals surface area contributed by atoms with Crippen molar-refractivity contribution in [3.05, 3.63) is 65.7 Å². The predicted octanol–water partition coefficient (Wildman–Crippen LogP) is 4.42. The van der Waals surface area contributed by atoms with E-state index in [9.17, 15) is 0 Å². The van der Waals surface area contributed by atoms with Crippen LogP contribution in [0.3, 0.4) is 0 Å². The van der Waals surface area contributed by atoms with Crippen molar-refractivity contribution in [2.75, 3.05) is 13.2 Å². The van der Waals surface area contributed by atoms with Gasteiger partial charge in [-0.2, -0.15) is 0 Å². The van der Waals surface area contributed by atoms with Crippen LogP contribution in [0.25, 0.3) is 0 Å². The van der Waals surface area contributed by atoms with Crippen LogP contribution < -0.4 is 4.74 Å². The lowest BCUT2D eigenvalue weighted by Gasteiger charge is -2.25. The third kappa shape index (κ3) is 3.45. The molecular formula is C19H23NO. The summed E-state index contributed by atoms with van der Waals surface area (Å²) < 4.78 is 5.53. The third-order valence-corrected chi connectivity index (χ3v) is 4.17. The third-order valence-electron chi connectivity index (χ3n) is 4.17. The van der Waals surface area contributed by atoms with E-state index in [1.807, 2.05) is 6.92 Å². The monoisotopic (exact) mass is 281 g/mol. The Morgan fingerprint density at radius 1 is 1.05 bits per heavy atom. The molecule has 110 valence electrons. The summed E-state index contributed by atoms with van der Waals surface area (Å²) in [6.07, 6.45) is 2.53. The van der Waals surface area contributed by atoms with E-state index in [-0.39, 0.29) is 0 Å². The molecule has 2 aromatic rings.